The molecule has 1 rings (SSSR count). The Hall–Kier alpha value is -1.66. The van der Waals surface area contributed by atoms with Crippen molar-refractivity contribution in [2.45, 2.75) is 12.8 Å². The van der Waals surface area contributed by atoms with Crippen LogP contribution in [-0.2, 0) is 11.2 Å². The number of rotatable bonds is 8. The van der Waals surface area contributed by atoms with Crippen molar-refractivity contribution in [1.82, 2.24) is 4.90 Å². The second-order valence-corrected chi connectivity index (χ2v) is 4.93. The molecule has 0 aliphatic rings. The van der Waals surface area contributed by atoms with E-state index >= 15 is 0 Å². The molecule has 0 radical (unpaired) electrons. The normalized spacial score (nSPS) is 10.1. The molecule has 0 aliphatic carbocycles. The number of thiocarbonyl (C=S) groups is 1. The minimum atomic E-state index is -0.139. The van der Waals surface area contributed by atoms with Crippen LogP contribution in [0.25, 0.3) is 0 Å². The molecule has 0 aliphatic heterocycles. The highest BCUT2D eigenvalue weighted by Crippen LogP contribution is 2.18. The van der Waals surface area contributed by atoms with Gasteiger partial charge < -0.3 is 20.5 Å². The second-order valence-electron chi connectivity index (χ2n) is 4.40. The highest BCUT2D eigenvalue weighted by molar-refractivity contribution is 7.80. The van der Waals surface area contributed by atoms with Gasteiger partial charge in [-0.05, 0) is 18.1 Å². The van der Waals surface area contributed by atoms with Crippen LogP contribution < -0.4 is 10.5 Å². The molecular weight excluding hydrogens is 276 g/mol. The van der Waals surface area contributed by atoms with E-state index in [1.807, 2.05) is 18.2 Å². The van der Waals surface area contributed by atoms with Gasteiger partial charge in [-0.15, -0.1) is 0 Å². The third-order valence-corrected chi connectivity index (χ3v) is 3.03. The third-order valence-electron chi connectivity index (χ3n) is 2.82. The SMILES string of the molecule is CN(CCC(N)=S)C(=O)COc1ccccc1CCO. The van der Waals surface area contributed by atoms with E-state index in [1.165, 1.54) is 4.90 Å². The molecule has 1 amide bonds. The first-order valence-electron chi connectivity index (χ1n) is 6.38. The average molecular weight is 296 g/mol. The number of nitrogens with zero attached hydrogens (tertiary/aromatic N) is 1. The number of carbonyl (C=O) groups is 1. The molecule has 110 valence electrons. The fraction of sp³-hybridized carbons (Fsp3) is 0.429. The van der Waals surface area contributed by atoms with E-state index in [4.69, 9.17) is 27.8 Å². The van der Waals surface area contributed by atoms with Gasteiger partial charge in [0.25, 0.3) is 5.91 Å². The Bertz CT molecular complexity index is 465. The van der Waals surface area contributed by atoms with Crippen molar-refractivity contribution in [2.75, 3.05) is 26.8 Å². The number of para-hydroxylation sites is 1. The van der Waals surface area contributed by atoms with Crippen LogP contribution >= 0.6 is 12.2 Å². The Kier molecular flexibility index (Phi) is 6.97. The summed E-state index contributed by atoms with van der Waals surface area (Å²) in [5.41, 5.74) is 6.28. The molecule has 1 aromatic rings. The maximum Gasteiger partial charge on any atom is 0.260 e. The van der Waals surface area contributed by atoms with Crippen molar-refractivity contribution in [3.05, 3.63) is 29.8 Å². The summed E-state index contributed by atoms with van der Waals surface area (Å²) >= 11 is 4.77. The number of aliphatic hydroxyl groups excluding tert-OH is 1. The highest BCUT2D eigenvalue weighted by atomic mass is 32.1. The van der Waals surface area contributed by atoms with Gasteiger partial charge in [0.1, 0.15) is 5.75 Å². The molecular formula is C14H20N2O3S. The maximum atomic E-state index is 11.9. The largest absolute Gasteiger partial charge is 0.483 e. The van der Waals surface area contributed by atoms with Crippen LogP contribution in [0.4, 0.5) is 0 Å². The first-order valence-corrected chi connectivity index (χ1v) is 6.79. The zero-order valence-electron chi connectivity index (χ0n) is 11.5. The number of amides is 1. The Labute approximate surface area is 124 Å². The molecule has 0 unspecified atom stereocenters. The molecule has 3 N–H and O–H groups in total. The smallest absolute Gasteiger partial charge is 0.260 e. The number of hydrogen-bond donors (Lipinski definition) is 2. The second kappa shape index (κ2) is 8.50. The number of carbonyl (C=O) groups excluding carboxylic acids is 1. The van der Waals surface area contributed by atoms with Crippen molar-refractivity contribution < 1.29 is 14.6 Å². The van der Waals surface area contributed by atoms with E-state index < -0.39 is 0 Å². The minimum Gasteiger partial charge on any atom is -0.483 e. The molecule has 0 saturated carbocycles. The van der Waals surface area contributed by atoms with Gasteiger partial charge in [0.05, 0.1) is 4.99 Å². The van der Waals surface area contributed by atoms with Crippen molar-refractivity contribution in [3.8, 4) is 5.75 Å². The lowest BCUT2D eigenvalue weighted by molar-refractivity contribution is -0.131. The summed E-state index contributed by atoms with van der Waals surface area (Å²) in [5.74, 6) is 0.484. The van der Waals surface area contributed by atoms with Crippen molar-refractivity contribution >= 4 is 23.1 Å². The summed E-state index contributed by atoms with van der Waals surface area (Å²) in [6.45, 7) is 0.480. The van der Waals surface area contributed by atoms with Gasteiger partial charge in [-0.2, -0.15) is 0 Å². The molecule has 0 atom stereocenters. The molecule has 0 aromatic heterocycles. The topological polar surface area (TPSA) is 75.8 Å². The summed E-state index contributed by atoms with van der Waals surface area (Å²) in [5, 5.41) is 8.98. The van der Waals surface area contributed by atoms with Gasteiger partial charge >= 0.3 is 0 Å². The standard InChI is InChI=1S/C14H20N2O3S/c1-16(8-6-13(15)20)14(18)10-19-12-5-3-2-4-11(12)7-9-17/h2-5,17H,6-10H2,1H3,(H2,15,20). The molecule has 5 nitrogen and oxygen atoms in total. The van der Waals surface area contributed by atoms with Crippen LogP contribution in [0.5, 0.6) is 5.75 Å². The van der Waals surface area contributed by atoms with E-state index in [1.54, 1.807) is 13.1 Å². The fourth-order valence-electron chi connectivity index (χ4n) is 1.62. The van der Waals surface area contributed by atoms with E-state index in [0.29, 0.717) is 30.1 Å². The van der Waals surface area contributed by atoms with Crippen LogP contribution in [-0.4, -0.2) is 47.7 Å². The first-order chi connectivity index (χ1) is 9.54. The van der Waals surface area contributed by atoms with E-state index in [0.717, 1.165) is 5.56 Å². The van der Waals surface area contributed by atoms with Gasteiger partial charge in [-0.3, -0.25) is 4.79 Å². The maximum absolute atomic E-state index is 11.9. The predicted molar refractivity (Wildman–Crippen MR) is 81.8 cm³/mol. The Balaban J connectivity index is 2.50. The Morgan fingerprint density at radius 2 is 2.15 bits per heavy atom. The number of hydrogen-bond acceptors (Lipinski definition) is 4. The van der Waals surface area contributed by atoms with Crippen LogP contribution in [0, 0.1) is 0 Å². The first kappa shape index (κ1) is 16.4. The van der Waals surface area contributed by atoms with Crippen LogP contribution in [0.15, 0.2) is 24.3 Å². The fourth-order valence-corrected chi connectivity index (χ4v) is 1.72. The van der Waals surface area contributed by atoms with Crippen LogP contribution in [0.3, 0.4) is 0 Å². The van der Waals surface area contributed by atoms with Gasteiger partial charge in [-0.25, -0.2) is 0 Å². The van der Waals surface area contributed by atoms with Crippen molar-refractivity contribution in [1.29, 1.82) is 0 Å². The van der Waals surface area contributed by atoms with Crippen molar-refractivity contribution in [2.24, 2.45) is 5.73 Å². The molecule has 0 heterocycles. The lowest BCUT2D eigenvalue weighted by Gasteiger charge is -2.17. The molecule has 0 fully saturated rings. The van der Waals surface area contributed by atoms with Crippen LogP contribution in [0.1, 0.15) is 12.0 Å². The number of aliphatic hydroxyl groups is 1. The van der Waals surface area contributed by atoms with E-state index in [-0.39, 0.29) is 19.1 Å². The van der Waals surface area contributed by atoms with Crippen molar-refractivity contribution in [3.63, 3.8) is 0 Å². The summed E-state index contributed by atoms with van der Waals surface area (Å²) in [6, 6.07) is 7.35. The summed E-state index contributed by atoms with van der Waals surface area (Å²) in [6.07, 6.45) is 1.00. The number of ether oxygens (including phenoxy) is 1. The average Bonchev–Trinajstić information content (AvgIpc) is 2.43. The monoisotopic (exact) mass is 296 g/mol. The summed E-state index contributed by atoms with van der Waals surface area (Å²) in [7, 11) is 1.68. The number of likely N-dealkylation sites (N-methyl/N-ethyl adjacent to an activating group) is 1. The predicted octanol–water partition coefficient (Wildman–Crippen LogP) is 0.735. The minimum absolute atomic E-state index is 0.0438. The lowest BCUT2D eigenvalue weighted by Crippen LogP contribution is -2.33. The lowest BCUT2D eigenvalue weighted by atomic mass is 10.1. The summed E-state index contributed by atoms with van der Waals surface area (Å²) in [4.78, 5) is 13.8. The van der Waals surface area contributed by atoms with E-state index in [9.17, 15) is 4.79 Å². The Morgan fingerprint density at radius 3 is 2.80 bits per heavy atom. The van der Waals surface area contributed by atoms with E-state index in [2.05, 4.69) is 0 Å². The zero-order valence-corrected chi connectivity index (χ0v) is 12.4. The highest BCUT2D eigenvalue weighted by Gasteiger charge is 2.11. The molecule has 6 heteroatoms. The van der Waals surface area contributed by atoms with Gasteiger partial charge in [0.2, 0.25) is 0 Å². The number of nitrogens with two attached hydrogens (primary N) is 1. The molecule has 0 spiro atoms. The molecule has 1 aromatic carbocycles. The molecule has 0 saturated heterocycles. The molecule has 20 heavy (non-hydrogen) atoms. The number of benzene rings is 1. The molecule has 0 bridgehead atoms. The quantitative estimate of drug-likeness (QED) is 0.692. The van der Waals surface area contributed by atoms with Gasteiger partial charge in [0, 0.05) is 26.6 Å². The van der Waals surface area contributed by atoms with Gasteiger partial charge in [-0.1, -0.05) is 30.4 Å². The van der Waals surface area contributed by atoms with Gasteiger partial charge in [0.15, 0.2) is 6.61 Å². The third kappa shape index (κ3) is 5.54. The summed E-state index contributed by atoms with van der Waals surface area (Å²) < 4.78 is 5.51. The Morgan fingerprint density at radius 1 is 1.45 bits per heavy atom. The van der Waals surface area contributed by atoms with Crippen LogP contribution in [0.2, 0.25) is 0 Å². The zero-order chi connectivity index (χ0) is 15.0.